The molecule has 21 heavy (non-hydrogen) atoms. The number of aryl methyl sites for hydroxylation is 1. The van der Waals surface area contributed by atoms with Crippen LogP contribution in [0.15, 0.2) is 34.5 Å². The summed E-state index contributed by atoms with van der Waals surface area (Å²) in [6.07, 6.45) is 0. The molecule has 0 atom stereocenters. The summed E-state index contributed by atoms with van der Waals surface area (Å²) >= 11 is 6.72. The van der Waals surface area contributed by atoms with E-state index < -0.39 is 10.0 Å². The molecule has 0 bridgehead atoms. The number of hydrogen-bond donors (Lipinski definition) is 0. The summed E-state index contributed by atoms with van der Waals surface area (Å²) in [6, 6.07) is 9.25. The highest BCUT2D eigenvalue weighted by Crippen LogP contribution is 2.28. The van der Waals surface area contributed by atoms with Gasteiger partial charge in [0, 0.05) is 13.6 Å². The van der Waals surface area contributed by atoms with Crippen LogP contribution in [0.1, 0.15) is 5.69 Å². The molecule has 0 amide bonds. The molecule has 0 saturated heterocycles. The normalized spacial score (nSPS) is 11.8. The van der Waals surface area contributed by atoms with E-state index in [1.807, 2.05) is 30.3 Å². The average molecular weight is 347 g/mol. The van der Waals surface area contributed by atoms with Gasteiger partial charge in [0.2, 0.25) is 0 Å². The number of nitrogens with zero attached hydrogens (tertiary/aromatic N) is 2. The van der Waals surface area contributed by atoms with E-state index in [1.54, 1.807) is 6.92 Å². The smallest absolute Gasteiger partial charge is 0.254 e. The Hall–Kier alpha value is -1.15. The monoisotopic (exact) mass is 346 g/mol. The molecule has 1 aromatic carbocycles. The third-order valence-corrected chi connectivity index (χ3v) is 6.50. The summed E-state index contributed by atoms with van der Waals surface area (Å²) in [6.45, 7) is 2.14. The maximum atomic E-state index is 12.4. The predicted molar refractivity (Wildman–Crippen MR) is 83.6 cm³/mol. The molecule has 2 aromatic rings. The summed E-state index contributed by atoms with van der Waals surface area (Å²) in [4.78, 5) is 3.93. The zero-order chi connectivity index (χ0) is 15.5. The van der Waals surface area contributed by atoms with Crippen LogP contribution in [0.2, 0.25) is 4.47 Å². The van der Waals surface area contributed by atoms with E-state index in [0.29, 0.717) is 11.4 Å². The van der Waals surface area contributed by atoms with E-state index in [0.717, 1.165) is 11.3 Å². The van der Waals surface area contributed by atoms with Gasteiger partial charge in [0.25, 0.3) is 10.0 Å². The van der Waals surface area contributed by atoms with Crippen LogP contribution in [0.25, 0.3) is 0 Å². The molecule has 0 fully saturated rings. The van der Waals surface area contributed by atoms with E-state index in [1.165, 1.54) is 11.4 Å². The lowest BCUT2D eigenvalue weighted by Crippen LogP contribution is -2.30. The van der Waals surface area contributed by atoms with Crippen LogP contribution in [0, 0.1) is 6.92 Å². The predicted octanol–water partition coefficient (Wildman–Crippen LogP) is 2.80. The number of para-hydroxylation sites is 1. The van der Waals surface area contributed by atoms with E-state index in [4.69, 9.17) is 16.3 Å². The third-order valence-electron chi connectivity index (χ3n) is 2.79. The lowest BCUT2D eigenvalue weighted by atomic mass is 10.3. The average Bonchev–Trinajstić information content (AvgIpc) is 2.79. The second-order valence-corrected chi connectivity index (χ2v) is 8.15. The summed E-state index contributed by atoms with van der Waals surface area (Å²) in [7, 11) is -2.07. The first-order valence-corrected chi connectivity index (χ1v) is 8.82. The second-order valence-electron chi connectivity index (χ2n) is 4.33. The lowest BCUT2D eigenvalue weighted by Gasteiger charge is -2.16. The molecule has 0 aliphatic carbocycles. The Kier molecular flexibility index (Phi) is 5.21. The van der Waals surface area contributed by atoms with Gasteiger partial charge in [0.05, 0.1) is 5.69 Å². The molecule has 8 heteroatoms. The number of sulfonamides is 1. The summed E-state index contributed by atoms with van der Waals surface area (Å²) in [5.74, 6) is 0.709. The number of likely N-dealkylation sites (N-methyl/N-ethyl adjacent to an activating group) is 1. The van der Waals surface area contributed by atoms with Crippen LogP contribution in [0.5, 0.6) is 5.75 Å². The van der Waals surface area contributed by atoms with E-state index in [9.17, 15) is 8.42 Å². The van der Waals surface area contributed by atoms with Crippen molar-refractivity contribution in [2.45, 2.75) is 11.1 Å². The molecule has 0 spiro atoms. The Bertz CT molecular complexity index is 701. The molecule has 2 rings (SSSR count). The molecular formula is C13H15ClN2O3S2. The minimum Gasteiger partial charge on any atom is -0.492 e. The molecule has 1 heterocycles. The summed E-state index contributed by atoms with van der Waals surface area (Å²) in [5.41, 5.74) is 0.417. The van der Waals surface area contributed by atoms with Crippen LogP contribution in [0.3, 0.4) is 0 Å². The van der Waals surface area contributed by atoms with Gasteiger partial charge in [-0.2, -0.15) is 4.31 Å². The Morgan fingerprint density at radius 3 is 2.57 bits per heavy atom. The van der Waals surface area contributed by atoms with Gasteiger partial charge < -0.3 is 4.74 Å². The van der Waals surface area contributed by atoms with E-state index in [2.05, 4.69) is 4.98 Å². The van der Waals surface area contributed by atoms with Gasteiger partial charge in [-0.25, -0.2) is 13.4 Å². The number of benzene rings is 1. The van der Waals surface area contributed by atoms with Crippen molar-refractivity contribution < 1.29 is 13.2 Å². The molecule has 1 aromatic heterocycles. The Labute approximate surface area is 133 Å². The number of aromatic nitrogens is 1. The molecule has 0 unspecified atom stereocenters. The number of thiazole rings is 1. The van der Waals surface area contributed by atoms with Crippen LogP contribution in [-0.4, -0.2) is 37.9 Å². The summed E-state index contributed by atoms with van der Waals surface area (Å²) < 4.78 is 31.9. The highest BCUT2D eigenvalue weighted by Gasteiger charge is 2.26. The van der Waals surface area contributed by atoms with E-state index in [-0.39, 0.29) is 21.8 Å². The highest BCUT2D eigenvalue weighted by atomic mass is 35.5. The van der Waals surface area contributed by atoms with Crippen LogP contribution >= 0.6 is 22.9 Å². The van der Waals surface area contributed by atoms with Crippen LogP contribution in [0.4, 0.5) is 0 Å². The number of ether oxygens (including phenoxy) is 1. The quantitative estimate of drug-likeness (QED) is 0.807. The first-order chi connectivity index (χ1) is 9.91. The van der Waals surface area contributed by atoms with Crippen LogP contribution < -0.4 is 4.74 Å². The number of hydrogen-bond acceptors (Lipinski definition) is 5. The van der Waals surface area contributed by atoms with Crippen molar-refractivity contribution in [2.75, 3.05) is 20.2 Å². The van der Waals surface area contributed by atoms with Gasteiger partial charge in [-0.15, -0.1) is 0 Å². The van der Waals surface area contributed by atoms with E-state index >= 15 is 0 Å². The fourth-order valence-corrected chi connectivity index (χ4v) is 4.74. The van der Waals surface area contributed by atoms with Gasteiger partial charge in [-0.05, 0) is 19.1 Å². The molecule has 0 aliphatic rings. The maximum Gasteiger partial charge on any atom is 0.254 e. The fourth-order valence-electron chi connectivity index (χ4n) is 1.66. The Morgan fingerprint density at radius 1 is 1.33 bits per heavy atom. The first kappa shape index (κ1) is 16.2. The van der Waals surface area contributed by atoms with Gasteiger partial charge in [-0.3, -0.25) is 0 Å². The van der Waals surface area contributed by atoms with Gasteiger partial charge in [-0.1, -0.05) is 41.1 Å². The zero-order valence-corrected chi connectivity index (χ0v) is 14.0. The molecule has 114 valence electrons. The maximum absolute atomic E-state index is 12.4. The Morgan fingerprint density at radius 2 is 2.00 bits per heavy atom. The Balaban J connectivity index is 1.99. The standard InChI is InChI=1S/C13H15ClN2O3S2/c1-10-12(20-13(14)15-10)21(17,18)16(2)8-9-19-11-6-4-3-5-7-11/h3-7H,8-9H2,1-2H3. The number of halogens is 1. The highest BCUT2D eigenvalue weighted by molar-refractivity contribution is 7.91. The SMILES string of the molecule is Cc1nc(Cl)sc1S(=O)(=O)N(C)CCOc1ccccc1. The molecular weight excluding hydrogens is 332 g/mol. The van der Waals surface area contributed by atoms with Gasteiger partial charge >= 0.3 is 0 Å². The molecule has 5 nitrogen and oxygen atoms in total. The largest absolute Gasteiger partial charge is 0.492 e. The van der Waals surface area contributed by atoms with Gasteiger partial charge in [0.1, 0.15) is 12.4 Å². The third kappa shape index (κ3) is 3.94. The van der Waals surface area contributed by atoms with Crippen molar-refractivity contribution in [3.8, 4) is 5.75 Å². The molecule has 0 saturated carbocycles. The number of rotatable bonds is 6. The zero-order valence-electron chi connectivity index (χ0n) is 11.6. The van der Waals surface area contributed by atoms with Crippen molar-refractivity contribution in [3.05, 3.63) is 40.5 Å². The second kappa shape index (κ2) is 6.74. The van der Waals surface area contributed by atoms with Crippen molar-refractivity contribution in [2.24, 2.45) is 0 Å². The lowest BCUT2D eigenvalue weighted by molar-refractivity contribution is 0.287. The molecule has 0 aliphatic heterocycles. The summed E-state index contributed by atoms with van der Waals surface area (Å²) in [5, 5.41) is 0. The molecule has 0 N–H and O–H groups in total. The first-order valence-electron chi connectivity index (χ1n) is 6.18. The minimum absolute atomic E-state index is 0.176. The topological polar surface area (TPSA) is 59.5 Å². The van der Waals surface area contributed by atoms with Crippen molar-refractivity contribution in [1.29, 1.82) is 0 Å². The van der Waals surface area contributed by atoms with Crippen molar-refractivity contribution >= 4 is 33.0 Å². The van der Waals surface area contributed by atoms with Crippen LogP contribution in [-0.2, 0) is 10.0 Å². The van der Waals surface area contributed by atoms with Crippen molar-refractivity contribution in [1.82, 2.24) is 9.29 Å². The van der Waals surface area contributed by atoms with Gasteiger partial charge in [0.15, 0.2) is 8.68 Å². The minimum atomic E-state index is -3.58. The molecule has 0 radical (unpaired) electrons. The fraction of sp³-hybridized carbons (Fsp3) is 0.308. The van der Waals surface area contributed by atoms with Crippen molar-refractivity contribution in [3.63, 3.8) is 0 Å².